The summed E-state index contributed by atoms with van der Waals surface area (Å²) in [7, 11) is 4.46. The number of amides is 2. The van der Waals surface area contributed by atoms with E-state index >= 15 is 0 Å². The summed E-state index contributed by atoms with van der Waals surface area (Å²) >= 11 is 0. The highest BCUT2D eigenvalue weighted by Gasteiger charge is 2.34. The van der Waals surface area contributed by atoms with Crippen molar-refractivity contribution < 1.29 is 37.1 Å². The molecule has 1 fully saturated rings. The summed E-state index contributed by atoms with van der Waals surface area (Å²) in [6, 6.07) is 5.53. The lowest BCUT2D eigenvalue weighted by molar-refractivity contribution is -0.384. The summed E-state index contributed by atoms with van der Waals surface area (Å²) in [5, 5.41) is 14.2. The lowest BCUT2D eigenvalue weighted by Crippen LogP contribution is -2.51. The van der Waals surface area contributed by atoms with Crippen LogP contribution in [0, 0.1) is 10.1 Å². The molecule has 2 aromatic rings. The van der Waals surface area contributed by atoms with Crippen LogP contribution in [-0.4, -0.2) is 63.4 Å². The summed E-state index contributed by atoms with van der Waals surface area (Å²) in [5.74, 6) is 1.32. The summed E-state index contributed by atoms with van der Waals surface area (Å²) in [4.78, 5) is 26.3. The number of rotatable bonds is 7. The second-order valence-electron chi connectivity index (χ2n) is 7.62. The Labute approximate surface area is 199 Å². The molecule has 1 N–H and O–H groups in total. The van der Waals surface area contributed by atoms with Crippen LogP contribution in [0.2, 0.25) is 0 Å². The molecule has 10 nitrogen and oxygen atoms in total. The molecule has 0 bridgehead atoms. The Morgan fingerprint density at radius 3 is 2.11 bits per heavy atom. The van der Waals surface area contributed by atoms with Crippen LogP contribution >= 0.6 is 0 Å². The largest absolute Gasteiger partial charge is 0.493 e. The van der Waals surface area contributed by atoms with Gasteiger partial charge in [0, 0.05) is 38.8 Å². The van der Waals surface area contributed by atoms with Gasteiger partial charge in [-0.1, -0.05) is 0 Å². The van der Waals surface area contributed by atoms with Crippen molar-refractivity contribution >= 4 is 17.4 Å². The third-order valence-electron chi connectivity index (χ3n) is 5.58. The average Bonchev–Trinajstić information content (AvgIpc) is 2.85. The molecular weight excluding hydrogens is 473 g/mol. The summed E-state index contributed by atoms with van der Waals surface area (Å²) in [6.45, 7) is 1.10. The Kier molecular flexibility index (Phi) is 7.77. The number of alkyl halides is 3. The molecular formula is C22H25F3N4O6. The van der Waals surface area contributed by atoms with E-state index in [1.54, 1.807) is 17.0 Å². The van der Waals surface area contributed by atoms with Crippen molar-refractivity contribution in [2.45, 2.75) is 12.7 Å². The lowest BCUT2D eigenvalue weighted by atomic mass is 10.1. The van der Waals surface area contributed by atoms with Gasteiger partial charge >= 0.3 is 12.2 Å². The molecule has 0 aliphatic carbocycles. The Bertz CT molecular complexity index is 1060. The third-order valence-corrected chi connectivity index (χ3v) is 5.58. The van der Waals surface area contributed by atoms with Crippen LogP contribution in [0.15, 0.2) is 30.3 Å². The highest BCUT2D eigenvalue weighted by Crippen LogP contribution is 2.38. The summed E-state index contributed by atoms with van der Waals surface area (Å²) in [5.41, 5.74) is -0.912. The number of methoxy groups -OCH3 is 3. The number of nitro benzene ring substituents is 1. The van der Waals surface area contributed by atoms with Crippen LogP contribution in [0.4, 0.5) is 29.3 Å². The number of hydrogen-bond acceptors (Lipinski definition) is 7. The van der Waals surface area contributed by atoms with Gasteiger partial charge in [-0.15, -0.1) is 0 Å². The van der Waals surface area contributed by atoms with Crippen LogP contribution in [0.3, 0.4) is 0 Å². The van der Waals surface area contributed by atoms with E-state index < -0.39 is 22.4 Å². The molecule has 2 amide bonds. The number of halogens is 3. The molecule has 0 atom stereocenters. The smallest absolute Gasteiger partial charge is 0.416 e. The van der Waals surface area contributed by atoms with E-state index in [4.69, 9.17) is 14.2 Å². The van der Waals surface area contributed by atoms with Crippen molar-refractivity contribution in [1.29, 1.82) is 0 Å². The fraction of sp³-hybridized carbons (Fsp3) is 0.409. The molecule has 3 rings (SSSR count). The maximum absolute atomic E-state index is 13.0. The Hall–Kier alpha value is -3.90. The first-order chi connectivity index (χ1) is 16.6. The van der Waals surface area contributed by atoms with Crippen LogP contribution in [0.1, 0.15) is 11.1 Å². The molecule has 1 saturated heterocycles. The van der Waals surface area contributed by atoms with Crippen molar-refractivity contribution in [2.75, 3.05) is 52.4 Å². The van der Waals surface area contributed by atoms with Gasteiger partial charge in [0.05, 0.1) is 31.8 Å². The van der Waals surface area contributed by atoms with Crippen LogP contribution in [0.25, 0.3) is 0 Å². The SMILES string of the molecule is COc1cc(CNC(=O)N2CCN(c3ccc(C(F)(F)F)cc3[N+](=O)[O-])CC2)cc(OC)c1OC. The molecule has 0 aromatic heterocycles. The third kappa shape index (κ3) is 5.78. The number of nitrogens with one attached hydrogen (secondary N) is 1. The zero-order valence-corrected chi connectivity index (χ0v) is 19.3. The molecule has 1 heterocycles. The second kappa shape index (κ2) is 10.6. The molecule has 0 radical (unpaired) electrons. The van der Waals surface area contributed by atoms with Gasteiger partial charge < -0.3 is 29.3 Å². The zero-order chi connectivity index (χ0) is 25.8. The van der Waals surface area contributed by atoms with Gasteiger partial charge in [-0.05, 0) is 29.8 Å². The monoisotopic (exact) mass is 498 g/mol. The van der Waals surface area contributed by atoms with Crippen molar-refractivity contribution in [3.63, 3.8) is 0 Å². The van der Waals surface area contributed by atoms with Gasteiger partial charge in [0.15, 0.2) is 11.5 Å². The molecule has 13 heteroatoms. The first-order valence-electron chi connectivity index (χ1n) is 10.5. The minimum Gasteiger partial charge on any atom is -0.493 e. The van der Waals surface area contributed by atoms with Gasteiger partial charge in [0.1, 0.15) is 5.69 Å². The predicted molar refractivity (Wildman–Crippen MR) is 120 cm³/mol. The van der Waals surface area contributed by atoms with Gasteiger partial charge in [-0.3, -0.25) is 10.1 Å². The summed E-state index contributed by atoms with van der Waals surface area (Å²) < 4.78 is 54.8. The Balaban J connectivity index is 1.64. The van der Waals surface area contributed by atoms with E-state index in [0.29, 0.717) is 28.9 Å². The summed E-state index contributed by atoms with van der Waals surface area (Å²) in [6.07, 6.45) is -4.68. The van der Waals surface area contributed by atoms with E-state index in [9.17, 15) is 28.1 Å². The maximum Gasteiger partial charge on any atom is 0.416 e. The fourth-order valence-corrected chi connectivity index (χ4v) is 3.79. The number of benzene rings is 2. The van der Waals surface area contributed by atoms with Crippen LogP contribution in [-0.2, 0) is 12.7 Å². The number of carbonyl (C=O) groups excluding carboxylic acids is 1. The first kappa shape index (κ1) is 25.7. The van der Waals surface area contributed by atoms with E-state index in [2.05, 4.69) is 5.32 Å². The maximum atomic E-state index is 13.0. The normalized spacial score (nSPS) is 13.9. The van der Waals surface area contributed by atoms with Gasteiger partial charge in [0.2, 0.25) is 5.75 Å². The van der Waals surface area contributed by atoms with Crippen molar-refractivity contribution in [2.24, 2.45) is 0 Å². The van der Waals surface area contributed by atoms with Crippen molar-refractivity contribution in [3.05, 3.63) is 51.6 Å². The minimum atomic E-state index is -4.68. The highest BCUT2D eigenvalue weighted by atomic mass is 19.4. The Morgan fingerprint density at radius 1 is 1.03 bits per heavy atom. The number of anilines is 1. The average molecular weight is 498 g/mol. The number of carbonyl (C=O) groups is 1. The Morgan fingerprint density at radius 2 is 1.63 bits per heavy atom. The van der Waals surface area contributed by atoms with E-state index in [1.165, 1.54) is 26.2 Å². The number of urea groups is 1. The van der Waals surface area contributed by atoms with Gasteiger partial charge in [0.25, 0.3) is 5.69 Å². The van der Waals surface area contributed by atoms with E-state index in [0.717, 1.165) is 12.1 Å². The second-order valence-corrected chi connectivity index (χ2v) is 7.62. The van der Waals surface area contributed by atoms with Crippen molar-refractivity contribution in [1.82, 2.24) is 10.2 Å². The van der Waals surface area contributed by atoms with Gasteiger partial charge in [-0.25, -0.2) is 4.79 Å². The highest BCUT2D eigenvalue weighted by molar-refractivity contribution is 5.75. The number of ether oxygens (including phenoxy) is 3. The van der Waals surface area contributed by atoms with E-state index in [-0.39, 0.29) is 44.4 Å². The van der Waals surface area contributed by atoms with Crippen LogP contribution in [0.5, 0.6) is 17.2 Å². The van der Waals surface area contributed by atoms with E-state index in [1.807, 2.05) is 0 Å². The molecule has 0 spiro atoms. The molecule has 0 unspecified atom stereocenters. The van der Waals surface area contributed by atoms with Gasteiger partial charge in [-0.2, -0.15) is 13.2 Å². The number of hydrogen-bond donors (Lipinski definition) is 1. The fourth-order valence-electron chi connectivity index (χ4n) is 3.79. The first-order valence-corrected chi connectivity index (χ1v) is 10.5. The standard InChI is InChI=1S/C22H25F3N4O6/c1-33-18-10-14(11-19(34-2)20(18)35-3)13-26-21(30)28-8-6-27(7-9-28)16-5-4-15(22(23,24)25)12-17(16)29(31)32/h4-5,10-12H,6-9,13H2,1-3H3,(H,26,30). The predicted octanol–water partition coefficient (Wildman–Crippen LogP) is 3.67. The van der Waals surface area contributed by atoms with Crippen LogP contribution < -0.4 is 24.4 Å². The minimum absolute atomic E-state index is 0.0838. The van der Waals surface area contributed by atoms with Crippen molar-refractivity contribution in [3.8, 4) is 17.2 Å². The quantitative estimate of drug-likeness (QED) is 0.459. The molecule has 2 aromatic carbocycles. The zero-order valence-electron chi connectivity index (χ0n) is 19.3. The number of nitrogens with zero attached hydrogens (tertiary/aromatic N) is 3. The number of piperazine rings is 1. The number of nitro groups is 1. The lowest BCUT2D eigenvalue weighted by Gasteiger charge is -2.35. The molecule has 190 valence electrons. The molecule has 35 heavy (non-hydrogen) atoms. The molecule has 1 aliphatic rings. The molecule has 1 aliphatic heterocycles. The topological polar surface area (TPSA) is 106 Å². The molecule has 0 saturated carbocycles.